The van der Waals surface area contributed by atoms with Gasteiger partial charge < -0.3 is 9.47 Å². The molecule has 0 N–H and O–H groups in total. The fraction of sp³-hybridized carbons (Fsp3) is 0.765. The number of hydrogen-bond donors (Lipinski definition) is 0. The second-order valence-corrected chi connectivity index (χ2v) is 5.06. The van der Waals surface area contributed by atoms with Gasteiger partial charge in [-0.25, -0.2) is 4.79 Å². The highest BCUT2D eigenvalue weighted by Crippen LogP contribution is 2.09. The van der Waals surface area contributed by atoms with Crippen LogP contribution in [0, 0.1) is 11.8 Å². The molecule has 0 aromatic carbocycles. The van der Waals surface area contributed by atoms with Gasteiger partial charge in [0, 0.05) is 13.3 Å². The first-order valence-electron chi connectivity index (χ1n) is 7.85. The number of carbonyl (C=O) groups excluding carboxylic acids is 2. The molecule has 0 rings (SSSR count). The molecule has 0 aliphatic rings. The van der Waals surface area contributed by atoms with Crippen molar-refractivity contribution >= 4 is 11.9 Å². The first-order chi connectivity index (χ1) is 10.1. The van der Waals surface area contributed by atoms with Crippen LogP contribution in [-0.2, 0) is 19.1 Å². The number of methoxy groups -OCH3 is 1. The molecule has 0 radical (unpaired) electrons. The molecule has 0 bridgehead atoms. The second kappa shape index (κ2) is 13.5. The minimum Gasteiger partial charge on any atom is -0.466 e. The molecule has 0 aromatic rings. The van der Waals surface area contributed by atoms with E-state index in [9.17, 15) is 9.59 Å². The molecule has 1 atom stereocenters. The minimum atomic E-state index is -1.10. The van der Waals surface area contributed by atoms with Crippen LogP contribution in [0.2, 0.25) is 0 Å². The van der Waals surface area contributed by atoms with Crippen LogP contribution in [0.25, 0.3) is 0 Å². The summed E-state index contributed by atoms with van der Waals surface area (Å²) in [7, 11) is 1.25. The van der Waals surface area contributed by atoms with Crippen LogP contribution in [0.3, 0.4) is 0 Å². The summed E-state index contributed by atoms with van der Waals surface area (Å²) in [5, 5.41) is 0. The molecule has 120 valence electrons. The van der Waals surface area contributed by atoms with Crippen molar-refractivity contribution < 1.29 is 19.1 Å². The van der Waals surface area contributed by atoms with Gasteiger partial charge in [-0.15, -0.1) is 0 Å². The van der Waals surface area contributed by atoms with Gasteiger partial charge >= 0.3 is 11.9 Å². The first kappa shape index (κ1) is 19.5. The normalized spacial score (nSPS) is 11.2. The number of hydrogen-bond acceptors (Lipinski definition) is 4. The Morgan fingerprint density at radius 2 is 1.57 bits per heavy atom. The van der Waals surface area contributed by atoms with Crippen LogP contribution in [-0.4, -0.2) is 25.2 Å². The molecule has 0 unspecified atom stereocenters. The van der Waals surface area contributed by atoms with Gasteiger partial charge in [-0.05, 0) is 12.3 Å². The van der Waals surface area contributed by atoms with Crippen LogP contribution in [0.1, 0.15) is 71.6 Å². The Morgan fingerprint density at radius 1 is 1.00 bits per heavy atom. The van der Waals surface area contributed by atoms with E-state index < -0.39 is 18.0 Å². The highest BCUT2D eigenvalue weighted by molar-refractivity contribution is 5.81. The van der Waals surface area contributed by atoms with Gasteiger partial charge in [0.2, 0.25) is 0 Å². The zero-order valence-corrected chi connectivity index (χ0v) is 13.6. The SMILES string of the molecule is CCCCCCCCCCC#C[C@@H](OC(C)=O)C(=O)OC. The Balaban J connectivity index is 3.78. The van der Waals surface area contributed by atoms with Crippen molar-refractivity contribution in [3.8, 4) is 11.8 Å². The van der Waals surface area contributed by atoms with Crippen LogP contribution >= 0.6 is 0 Å². The zero-order valence-electron chi connectivity index (χ0n) is 13.6. The van der Waals surface area contributed by atoms with E-state index in [0.717, 1.165) is 12.8 Å². The minimum absolute atomic E-state index is 0.535. The third-order valence-corrected chi connectivity index (χ3v) is 3.09. The molecule has 0 fully saturated rings. The lowest BCUT2D eigenvalue weighted by Gasteiger charge is -2.07. The van der Waals surface area contributed by atoms with E-state index in [2.05, 4.69) is 23.5 Å². The summed E-state index contributed by atoms with van der Waals surface area (Å²) in [6.45, 7) is 3.46. The monoisotopic (exact) mass is 296 g/mol. The standard InChI is InChI=1S/C17H28O4/c1-4-5-6-7-8-9-10-11-12-13-14-16(17(19)20-3)21-15(2)18/h16H,4-12H2,1-3H3/t16-/m1/s1. The summed E-state index contributed by atoms with van der Waals surface area (Å²) in [6, 6.07) is 0. The Kier molecular flexibility index (Phi) is 12.5. The molecule has 0 aromatic heterocycles. The van der Waals surface area contributed by atoms with Crippen molar-refractivity contribution in [1.82, 2.24) is 0 Å². The lowest BCUT2D eigenvalue weighted by Crippen LogP contribution is -2.25. The summed E-state index contributed by atoms with van der Waals surface area (Å²) in [6.07, 6.45) is 9.55. The van der Waals surface area contributed by atoms with Crippen molar-refractivity contribution in [3.05, 3.63) is 0 Å². The van der Waals surface area contributed by atoms with E-state index in [4.69, 9.17) is 4.74 Å². The molecule has 21 heavy (non-hydrogen) atoms. The Morgan fingerprint density at radius 3 is 2.10 bits per heavy atom. The second-order valence-electron chi connectivity index (χ2n) is 5.06. The first-order valence-corrected chi connectivity index (χ1v) is 7.85. The molecular formula is C17H28O4. The van der Waals surface area contributed by atoms with Crippen LogP contribution in [0.4, 0.5) is 0 Å². The van der Waals surface area contributed by atoms with Crippen molar-refractivity contribution in [2.24, 2.45) is 0 Å². The van der Waals surface area contributed by atoms with Crippen molar-refractivity contribution in [1.29, 1.82) is 0 Å². The highest BCUT2D eigenvalue weighted by Gasteiger charge is 2.19. The number of esters is 2. The average molecular weight is 296 g/mol. The van der Waals surface area contributed by atoms with E-state index in [1.165, 1.54) is 52.6 Å². The molecular weight excluding hydrogens is 268 g/mol. The Bertz CT molecular complexity index is 352. The van der Waals surface area contributed by atoms with Crippen molar-refractivity contribution in [2.75, 3.05) is 7.11 Å². The van der Waals surface area contributed by atoms with Crippen molar-refractivity contribution in [2.45, 2.75) is 77.7 Å². The van der Waals surface area contributed by atoms with E-state index in [1.807, 2.05) is 0 Å². The molecule has 0 saturated heterocycles. The lowest BCUT2D eigenvalue weighted by molar-refractivity contribution is -0.160. The molecule has 0 aliphatic carbocycles. The average Bonchev–Trinajstić information content (AvgIpc) is 2.46. The number of rotatable bonds is 10. The number of unbranched alkanes of at least 4 members (excludes halogenated alkanes) is 8. The van der Waals surface area contributed by atoms with E-state index in [0.29, 0.717) is 6.42 Å². The van der Waals surface area contributed by atoms with Gasteiger partial charge in [-0.1, -0.05) is 57.8 Å². The van der Waals surface area contributed by atoms with E-state index in [-0.39, 0.29) is 0 Å². The van der Waals surface area contributed by atoms with Crippen LogP contribution in [0.5, 0.6) is 0 Å². The quantitative estimate of drug-likeness (QED) is 0.351. The third kappa shape index (κ3) is 12.0. The van der Waals surface area contributed by atoms with Crippen molar-refractivity contribution in [3.63, 3.8) is 0 Å². The summed E-state index contributed by atoms with van der Waals surface area (Å²) in [4.78, 5) is 22.2. The third-order valence-electron chi connectivity index (χ3n) is 3.09. The number of ether oxygens (including phenoxy) is 2. The Labute approximate surface area is 128 Å². The zero-order chi connectivity index (χ0) is 15.9. The Hall–Kier alpha value is -1.50. The van der Waals surface area contributed by atoms with Crippen LogP contribution < -0.4 is 0 Å². The predicted molar refractivity (Wildman–Crippen MR) is 82.6 cm³/mol. The van der Waals surface area contributed by atoms with Gasteiger partial charge in [-0.3, -0.25) is 4.79 Å². The van der Waals surface area contributed by atoms with Gasteiger partial charge in [-0.2, -0.15) is 0 Å². The molecule has 0 spiro atoms. The largest absolute Gasteiger partial charge is 0.466 e. The summed E-state index contributed by atoms with van der Waals surface area (Å²) in [5.74, 6) is 4.38. The fourth-order valence-electron chi connectivity index (χ4n) is 1.92. The molecule has 4 nitrogen and oxygen atoms in total. The van der Waals surface area contributed by atoms with E-state index >= 15 is 0 Å². The van der Waals surface area contributed by atoms with Gasteiger partial charge in [0.25, 0.3) is 6.10 Å². The highest BCUT2D eigenvalue weighted by atomic mass is 16.6. The summed E-state index contributed by atoms with van der Waals surface area (Å²) >= 11 is 0. The number of carbonyl (C=O) groups is 2. The fourth-order valence-corrected chi connectivity index (χ4v) is 1.92. The molecule has 0 saturated carbocycles. The molecule has 4 heteroatoms. The smallest absolute Gasteiger partial charge is 0.360 e. The van der Waals surface area contributed by atoms with Crippen LogP contribution in [0.15, 0.2) is 0 Å². The maximum atomic E-state index is 11.3. The molecule has 0 amide bonds. The molecule has 0 heterocycles. The molecule has 0 aliphatic heterocycles. The topological polar surface area (TPSA) is 52.6 Å². The van der Waals surface area contributed by atoms with E-state index in [1.54, 1.807) is 0 Å². The maximum absolute atomic E-state index is 11.3. The van der Waals surface area contributed by atoms with Gasteiger partial charge in [0.15, 0.2) is 0 Å². The lowest BCUT2D eigenvalue weighted by atomic mass is 10.1. The predicted octanol–water partition coefficient (Wildman–Crippen LogP) is 3.63. The summed E-state index contributed by atoms with van der Waals surface area (Å²) in [5.41, 5.74) is 0. The summed E-state index contributed by atoms with van der Waals surface area (Å²) < 4.78 is 9.34. The van der Waals surface area contributed by atoms with Gasteiger partial charge in [0.1, 0.15) is 0 Å². The maximum Gasteiger partial charge on any atom is 0.360 e. The van der Waals surface area contributed by atoms with Gasteiger partial charge in [0.05, 0.1) is 7.11 Å².